The minimum absolute atomic E-state index is 0.0416. The standard InChI is InChI=1S/C23H21F2N5O.3C23H22FN5O/c1-14-7-15(12-29(14)23(31)19-3-2-4-20(24)22(19)25)13-30-21-6-5-16(8-17(21)11-28-30)18-9-26-27-10-18;1-15-8-16(13-28(15)23(30)17-2-5-21(24)6-3-17)14-29-22-7-4-18(9-19(22)12-27-29)20-10-25-26-11-20;1-15-7-16(13-28(15)23(30)18-3-2-4-21(24)9-18)14-29-22-6-5-17(8-19(22)12-27-29)20-10-25-26-11-20;1-15-8-16(13-28(15)23(30)20-4-2-3-5-21(20)24)14-29-22-7-6-17(9-18(22)12-27-29)19-10-25-26-11-19/h2-6,8-11,14-15H,7,12-13H2,1H3,(H,26,27);2-7,9-12,15-16H,8,13-14H2,1H3,(H,25,26);2-6,8-12,15-16H,7,13-14H2,1H3,(H,25,26);2-7,9-12,15-16H,8,13-14H2,1H3,(H,25,26)/t14-,15?;3*15-,16?/m0000/s1. The zero-order valence-corrected chi connectivity index (χ0v) is 66.8. The van der Waals surface area contributed by atoms with Gasteiger partial charge < -0.3 is 19.6 Å². The highest BCUT2D eigenvalue weighted by Crippen LogP contribution is 2.36. The molecule has 0 saturated carbocycles. The van der Waals surface area contributed by atoms with E-state index in [1.54, 1.807) is 77.1 Å². The lowest BCUT2D eigenvalue weighted by atomic mass is 10.1. The van der Waals surface area contributed by atoms with Gasteiger partial charge in [-0.3, -0.25) is 58.3 Å². The Morgan fingerprint density at radius 2 is 0.653 bits per heavy atom. The maximum atomic E-state index is 14.1. The molecule has 4 aliphatic rings. The summed E-state index contributed by atoms with van der Waals surface area (Å²) in [4.78, 5) is 58.5. The second-order valence-electron chi connectivity index (χ2n) is 32.1. The molecule has 24 nitrogen and oxygen atoms in total. The second kappa shape index (κ2) is 34.5. The number of halogens is 5. The van der Waals surface area contributed by atoms with Crippen LogP contribution < -0.4 is 0 Å². The third-order valence-electron chi connectivity index (χ3n) is 23.8. The normalized spacial score (nSPS) is 18.9. The number of nitrogens with zero attached hydrogens (tertiary/aromatic N) is 16. The smallest absolute Gasteiger partial charge is 0.257 e. The predicted molar refractivity (Wildman–Crippen MR) is 449 cm³/mol. The van der Waals surface area contributed by atoms with E-state index in [2.05, 4.69) is 136 Å². The van der Waals surface area contributed by atoms with Gasteiger partial charge in [0.1, 0.15) is 17.5 Å². The number of aromatic nitrogens is 16. The lowest BCUT2D eigenvalue weighted by Crippen LogP contribution is -2.35. The summed E-state index contributed by atoms with van der Waals surface area (Å²) in [6.45, 7) is 13.3. The van der Waals surface area contributed by atoms with E-state index in [1.807, 2.05) is 104 Å². The fourth-order valence-electron chi connectivity index (χ4n) is 17.7. The van der Waals surface area contributed by atoms with Gasteiger partial charge >= 0.3 is 0 Å². The molecule has 0 aliphatic carbocycles. The van der Waals surface area contributed by atoms with Crippen LogP contribution in [0.4, 0.5) is 22.0 Å². The number of rotatable bonds is 16. The van der Waals surface area contributed by atoms with Crippen LogP contribution >= 0.6 is 0 Å². The molecule has 4 amide bonds. The van der Waals surface area contributed by atoms with Crippen molar-refractivity contribution in [1.29, 1.82) is 0 Å². The minimum atomic E-state index is -1.09. The molecule has 0 spiro atoms. The van der Waals surface area contributed by atoms with E-state index in [-0.39, 0.29) is 76.5 Å². The van der Waals surface area contributed by atoms with Gasteiger partial charge in [0, 0.05) is 156 Å². The molecule has 4 unspecified atom stereocenters. The van der Waals surface area contributed by atoms with Crippen LogP contribution in [0.1, 0.15) is 94.8 Å². The number of benzene rings is 8. The van der Waals surface area contributed by atoms with Gasteiger partial charge in [0.15, 0.2) is 11.6 Å². The minimum Gasteiger partial charge on any atom is -0.336 e. The van der Waals surface area contributed by atoms with Crippen molar-refractivity contribution >= 4 is 67.2 Å². The first-order valence-electron chi connectivity index (χ1n) is 40.5. The number of amides is 4. The van der Waals surface area contributed by atoms with Crippen LogP contribution in [-0.2, 0) is 26.2 Å². The number of carbonyl (C=O) groups is 4. The van der Waals surface area contributed by atoms with Crippen LogP contribution in [0.2, 0.25) is 0 Å². The van der Waals surface area contributed by atoms with Crippen molar-refractivity contribution in [2.75, 3.05) is 26.2 Å². The Kier molecular flexibility index (Phi) is 22.7. The number of fused-ring (bicyclic) bond motifs is 4. The maximum absolute atomic E-state index is 14.1. The third-order valence-corrected chi connectivity index (χ3v) is 23.8. The summed E-state index contributed by atoms with van der Waals surface area (Å²) in [5, 5.41) is 49.9. The summed E-state index contributed by atoms with van der Waals surface area (Å²) in [5.74, 6) is -3.08. The summed E-state index contributed by atoms with van der Waals surface area (Å²) < 4.78 is 76.4. The average Bonchev–Trinajstić information content (AvgIpc) is 1.67. The Morgan fingerprint density at radius 1 is 0.322 bits per heavy atom. The first kappa shape index (κ1) is 79.5. The molecule has 614 valence electrons. The van der Waals surface area contributed by atoms with Crippen LogP contribution in [-0.4, -0.2) is 173 Å². The van der Waals surface area contributed by atoms with E-state index < -0.39 is 23.4 Å². The monoisotopic (exact) mass is 1630 g/mol. The molecule has 4 aliphatic heterocycles. The first-order chi connectivity index (χ1) is 58.8. The number of hydrogen-bond acceptors (Lipinski definition) is 12. The average molecular weight is 1630 g/mol. The van der Waals surface area contributed by atoms with Gasteiger partial charge in [-0.25, -0.2) is 22.0 Å². The van der Waals surface area contributed by atoms with Gasteiger partial charge in [-0.05, 0) is 215 Å². The molecule has 121 heavy (non-hydrogen) atoms. The largest absolute Gasteiger partial charge is 0.336 e. The van der Waals surface area contributed by atoms with E-state index in [9.17, 15) is 41.1 Å². The lowest BCUT2D eigenvalue weighted by molar-refractivity contribution is 0.0728. The maximum Gasteiger partial charge on any atom is 0.257 e. The second-order valence-corrected chi connectivity index (χ2v) is 32.1. The van der Waals surface area contributed by atoms with Crippen molar-refractivity contribution in [3.8, 4) is 44.5 Å². The molecule has 8 aromatic heterocycles. The zero-order valence-electron chi connectivity index (χ0n) is 66.8. The Balaban J connectivity index is 0.000000115. The molecule has 0 bridgehead atoms. The topological polar surface area (TPSA) is 267 Å². The summed E-state index contributed by atoms with van der Waals surface area (Å²) >= 11 is 0. The van der Waals surface area contributed by atoms with E-state index in [0.29, 0.717) is 55.7 Å². The summed E-state index contributed by atoms with van der Waals surface area (Å²) in [5.41, 5.74) is 13.6. The van der Waals surface area contributed by atoms with Gasteiger partial charge in [-0.1, -0.05) is 48.5 Å². The Labute approximate surface area is 692 Å². The quantitative estimate of drug-likeness (QED) is 0.0658. The van der Waals surface area contributed by atoms with Crippen LogP contribution in [0.25, 0.3) is 88.1 Å². The molecule has 20 rings (SSSR count). The van der Waals surface area contributed by atoms with Crippen molar-refractivity contribution in [2.45, 2.75) is 104 Å². The van der Waals surface area contributed by atoms with Crippen LogP contribution in [0.15, 0.2) is 238 Å². The van der Waals surface area contributed by atoms with Gasteiger partial charge in [0.05, 0.1) is 82.8 Å². The zero-order chi connectivity index (χ0) is 83.5. The number of carbonyl (C=O) groups excluding carboxylic acids is 4. The van der Waals surface area contributed by atoms with E-state index >= 15 is 0 Å². The SMILES string of the molecule is C[C@H]1CC(Cn2ncc3cc(-c4cn[nH]c4)ccc32)CN1C(=O)c1ccc(F)cc1.C[C@H]1CC(Cn2ncc3cc(-c4cn[nH]c4)ccc32)CN1C(=O)c1cccc(F)c1.C[C@H]1CC(Cn2ncc3cc(-c4cn[nH]c4)ccc32)CN1C(=O)c1cccc(F)c1F.C[C@H]1CC(Cn2ncc3cc(-c4cn[nH]c4)ccc32)CN1C(=O)c1ccccc1F. The van der Waals surface area contributed by atoms with Crippen molar-refractivity contribution in [3.63, 3.8) is 0 Å². The van der Waals surface area contributed by atoms with Crippen molar-refractivity contribution in [1.82, 2.24) is 99.5 Å². The molecule has 8 atom stereocenters. The van der Waals surface area contributed by atoms with Crippen LogP contribution in [0.5, 0.6) is 0 Å². The highest BCUT2D eigenvalue weighted by Gasteiger charge is 2.39. The molecule has 0 radical (unpaired) electrons. The van der Waals surface area contributed by atoms with Crippen molar-refractivity contribution < 1.29 is 41.1 Å². The lowest BCUT2D eigenvalue weighted by Gasteiger charge is -2.22. The van der Waals surface area contributed by atoms with Crippen LogP contribution in [0.3, 0.4) is 0 Å². The fraction of sp³-hybridized carbons (Fsp3) is 0.261. The van der Waals surface area contributed by atoms with Crippen molar-refractivity contribution in [3.05, 3.63) is 289 Å². The van der Waals surface area contributed by atoms with E-state index in [0.717, 1.165) is 140 Å². The molecular weight excluding hydrogens is 1540 g/mol. The predicted octanol–water partition coefficient (Wildman–Crippen LogP) is 16.6. The van der Waals surface area contributed by atoms with Gasteiger partial charge in [-0.15, -0.1) is 0 Å². The van der Waals surface area contributed by atoms with Gasteiger partial charge in [0.2, 0.25) is 0 Å². The molecule has 29 heteroatoms. The van der Waals surface area contributed by atoms with E-state index in [1.165, 1.54) is 42.5 Å². The molecule has 12 heterocycles. The molecule has 4 N–H and O–H groups in total. The van der Waals surface area contributed by atoms with Gasteiger partial charge in [0.25, 0.3) is 23.6 Å². The molecular formula is C92H87F5N20O4. The highest BCUT2D eigenvalue weighted by atomic mass is 19.2. The molecule has 16 aromatic rings. The van der Waals surface area contributed by atoms with Crippen LogP contribution in [0, 0.1) is 52.8 Å². The fourth-order valence-corrected chi connectivity index (χ4v) is 17.7. The Morgan fingerprint density at radius 3 is 1.01 bits per heavy atom. The molecule has 4 saturated heterocycles. The number of aromatic amines is 4. The summed E-state index contributed by atoms with van der Waals surface area (Å²) in [6.07, 6.45) is 25.6. The van der Waals surface area contributed by atoms with Crippen molar-refractivity contribution in [2.24, 2.45) is 23.7 Å². The number of nitrogens with one attached hydrogen (secondary N) is 4. The Hall–Kier alpha value is -14.0. The summed E-state index contributed by atoms with van der Waals surface area (Å²) in [6, 6.07) is 46.8. The first-order valence-corrected chi connectivity index (χ1v) is 40.5. The summed E-state index contributed by atoms with van der Waals surface area (Å²) in [7, 11) is 0. The number of hydrogen-bond donors (Lipinski definition) is 4. The van der Waals surface area contributed by atoms with E-state index in [4.69, 9.17) is 0 Å². The number of likely N-dealkylation sites (tertiary alicyclic amines) is 4. The number of H-pyrrole nitrogens is 4. The third kappa shape index (κ3) is 17.1. The van der Waals surface area contributed by atoms with Gasteiger partial charge in [-0.2, -0.15) is 40.8 Å². The molecule has 4 fully saturated rings. The highest BCUT2D eigenvalue weighted by molar-refractivity contribution is 5.97. The Bertz CT molecular complexity index is 6360. The molecule has 8 aromatic carbocycles.